The van der Waals surface area contributed by atoms with Gasteiger partial charge in [0.15, 0.2) is 11.5 Å². The molecule has 0 aliphatic carbocycles. The fourth-order valence-corrected chi connectivity index (χ4v) is 3.40. The van der Waals surface area contributed by atoms with Crippen molar-refractivity contribution in [1.82, 2.24) is 15.0 Å². The molecule has 0 bridgehead atoms. The molecule has 0 saturated carbocycles. The lowest BCUT2D eigenvalue weighted by Crippen LogP contribution is -2.34. The standard InChI is InChI=1S/C21H18F3N5O/c1-2-29-16-8-7-14(11-13(16)6-9-19(29)30)26-18-12-17(21(22,23)24)27-20(28-18)15-5-3-4-10-25-15/h3-5,7-8,10-12H,2,6,9H2,1H3,(H,26,27,28). The smallest absolute Gasteiger partial charge is 0.340 e. The number of hydrogen-bond acceptors (Lipinski definition) is 5. The van der Waals surface area contributed by atoms with E-state index in [2.05, 4.69) is 20.3 Å². The van der Waals surface area contributed by atoms with Crippen LogP contribution < -0.4 is 10.2 Å². The molecule has 30 heavy (non-hydrogen) atoms. The zero-order valence-electron chi connectivity index (χ0n) is 16.1. The normalized spacial score (nSPS) is 13.9. The highest BCUT2D eigenvalue weighted by atomic mass is 19.4. The van der Waals surface area contributed by atoms with E-state index in [9.17, 15) is 18.0 Å². The third-order valence-corrected chi connectivity index (χ3v) is 4.78. The molecule has 1 amide bonds. The van der Waals surface area contributed by atoms with E-state index in [-0.39, 0.29) is 23.2 Å². The number of anilines is 3. The maximum Gasteiger partial charge on any atom is 0.433 e. The van der Waals surface area contributed by atoms with Crippen LogP contribution in [0.5, 0.6) is 0 Å². The van der Waals surface area contributed by atoms with Gasteiger partial charge in [0.1, 0.15) is 11.5 Å². The highest BCUT2D eigenvalue weighted by molar-refractivity contribution is 5.96. The van der Waals surface area contributed by atoms with Crippen molar-refractivity contribution in [2.24, 2.45) is 0 Å². The van der Waals surface area contributed by atoms with Crippen LogP contribution in [0.25, 0.3) is 11.5 Å². The Bertz CT molecular complexity index is 1090. The molecule has 2 aromatic heterocycles. The van der Waals surface area contributed by atoms with Crippen molar-refractivity contribution in [1.29, 1.82) is 0 Å². The van der Waals surface area contributed by atoms with Gasteiger partial charge >= 0.3 is 6.18 Å². The van der Waals surface area contributed by atoms with Crippen molar-refractivity contribution < 1.29 is 18.0 Å². The van der Waals surface area contributed by atoms with E-state index in [0.29, 0.717) is 25.1 Å². The zero-order valence-corrected chi connectivity index (χ0v) is 16.1. The van der Waals surface area contributed by atoms with E-state index >= 15 is 0 Å². The van der Waals surface area contributed by atoms with E-state index in [1.54, 1.807) is 35.2 Å². The van der Waals surface area contributed by atoms with Gasteiger partial charge in [0, 0.05) is 36.6 Å². The minimum absolute atomic E-state index is 0.0113. The third-order valence-electron chi connectivity index (χ3n) is 4.78. The average Bonchev–Trinajstić information content (AvgIpc) is 2.73. The summed E-state index contributed by atoms with van der Waals surface area (Å²) in [5, 5.41) is 2.94. The summed E-state index contributed by atoms with van der Waals surface area (Å²) >= 11 is 0. The molecule has 1 N–H and O–H groups in total. The van der Waals surface area contributed by atoms with E-state index < -0.39 is 11.9 Å². The van der Waals surface area contributed by atoms with Crippen LogP contribution in [0, 0.1) is 0 Å². The molecule has 3 heterocycles. The summed E-state index contributed by atoms with van der Waals surface area (Å²) < 4.78 is 40.1. The van der Waals surface area contributed by atoms with Gasteiger partial charge in [-0.2, -0.15) is 13.2 Å². The number of hydrogen-bond donors (Lipinski definition) is 1. The summed E-state index contributed by atoms with van der Waals surface area (Å²) in [6.07, 6.45) is -2.17. The number of fused-ring (bicyclic) bond motifs is 1. The number of carbonyl (C=O) groups excluding carboxylic acids is 1. The van der Waals surface area contributed by atoms with Gasteiger partial charge in [-0.25, -0.2) is 9.97 Å². The Kier molecular flexibility index (Phi) is 5.11. The molecule has 4 rings (SSSR count). The number of benzene rings is 1. The lowest BCUT2D eigenvalue weighted by molar-refractivity contribution is -0.141. The molecule has 1 aliphatic heterocycles. The first-order valence-electron chi connectivity index (χ1n) is 9.43. The average molecular weight is 413 g/mol. The van der Waals surface area contributed by atoms with E-state index in [1.807, 2.05) is 13.0 Å². The number of nitrogens with one attached hydrogen (secondary N) is 1. The Labute approximate surface area is 170 Å². The maximum atomic E-state index is 13.4. The molecular formula is C21H18F3N5O. The summed E-state index contributed by atoms with van der Waals surface area (Å²) in [5.41, 5.74) is 1.55. The highest BCUT2D eigenvalue weighted by Gasteiger charge is 2.34. The number of pyridine rings is 1. The van der Waals surface area contributed by atoms with Gasteiger partial charge in [0.25, 0.3) is 0 Å². The Hall–Kier alpha value is -3.49. The molecule has 0 radical (unpaired) electrons. The van der Waals surface area contributed by atoms with Crippen LogP contribution in [0.3, 0.4) is 0 Å². The van der Waals surface area contributed by atoms with Crippen LogP contribution in [0.1, 0.15) is 24.6 Å². The lowest BCUT2D eigenvalue weighted by atomic mass is 10.0. The zero-order chi connectivity index (χ0) is 21.3. The number of aryl methyl sites for hydroxylation is 1. The number of rotatable bonds is 4. The predicted molar refractivity (Wildman–Crippen MR) is 106 cm³/mol. The Morgan fingerprint density at radius 3 is 2.63 bits per heavy atom. The van der Waals surface area contributed by atoms with Gasteiger partial charge in [-0.3, -0.25) is 9.78 Å². The summed E-state index contributed by atoms with van der Waals surface area (Å²) in [4.78, 5) is 25.6. The Morgan fingerprint density at radius 2 is 1.93 bits per heavy atom. The van der Waals surface area contributed by atoms with Crippen LogP contribution in [0.15, 0.2) is 48.7 Å². The van der Waals surface area contributed by atoms with Gasteiger partial charge in [-0.1, -0.05) is 6.07 Å². The molecule has 9 heteroatoms. The molecule has 0 spiro atoms. The quantitative estimate of drug-likeness (QED) is 0.677. The van der Waals surface area contributed by atoms with Crippen molar-refractivity contribution in [3.63, 3.8) is 0 Å². The predicted octanol–water partition coefficient (Wildman–Crippen LogP) is 4.60. The topological polar surface area (TPSA) is 71.0 Å². The number of amides is 1. The van der Waals surface area contributed by atoms with Crippen LogP contribution >= 0.6 is 0 Å². The molecule has 0 saturated heterocycles. The summed E-state index contributed by atoms with van der Waals surface area (Å²) in [6, 6.07) is 11.1. The fourth-order valence-electron chi connectivity index (χ4n) is 3.40. The van der Waals surface area contributed by atoms with Crippen LogP contribution in [-0.2, 0) is 17.4 Å². The van der Waals surface area contributed by atoms with Crippen molar-refractivity contribution in [2.75, 3.05) is 16.8 Å². The molecule has 0 unspecified atom stereocenters. The van der Waals surface area contributed by atoms with Crippen molar-refractivity contribution in [2.45, 2.75) is 25.9 Å². The Morgan fingerprint density at radius 1 is 1.10 bits per heavy atom. The van der Waals surface area contributed by atoms with E-state index in [0.717, 1.165) is 17.3 Å². The van der Waals surface area contributed by atoms with E-state index in [4.69, 9.17) is 0 Å². The molecule has 0 fully saturated rings. The molecule has 154 valence electrons. The molecule has 1 aliphatic rings. The second-order valence-corrected chi connectivity index (χ2v) is 6.78. The molecule has 0 atom stereocenters. The molecule has 6 nitrogen and oxygen atoms in total. The molecule has 1 aromatic carbocycles. The number of halogens is 3. The van der Waals surface area contributed by atoms with Gasteiger partial charge < -0.3 is 10.2 Å². The summed E-state index contributed by atoms with van der Waals surface area (Å²) in [7, 11) is 0. The third kappa shape index (κ3) is 3.96. The highest BCUT2D eigenvalue weighted by Crippen LogP contribution is 2.33. The molecular weight excluding hydrogens is 395 g/mol. The summed E-state index contributed by atoms with van der Waals surface area (Å²) in [5.74, 6) is -0.0397. The second-order valence-electron chi connectivity index (χ2n) is 6.78. The first-order chi connectivity index (χ1) is 14.3. The minimum atomic E-state index is -4.62. The second kappa shape index (κ2) is 7.74. The monoisotopic (exact) mass is 413 g/mol. The minimum Gasteiger partial charge on any atom is -0.340 e. The van der Waals surface area contributed by atoms with Crippen LogP contribution in [0.4, 0.5) is 30.4 Å². The number of nitrogens with zero attached hydrogens (tertiary/aromatic N) is 4. The maximum absolute atomic E-state index is 13.4. The number of aromatic nitrogens is 3. The van der Waals surface area contributed by atoms with Crippen molar-refractivity contribution in [3.05, 3.63) is 59.9 Å². The van der Waals surface area contributed by atoms with Gasteiger partial charge in [0.2, 0.25) is 5.91 Å². The molecule has 3 aromatic rings. The van der Waals surface area contributed by atoms with Crippen molar-refractivity contribution in [3.8, 4) is 11.5 Å². The van der Waals surface area contributed by atoms with E-state index in [1.165, 1.54) is 6.20 Å². The van der Waals surface area contributed by atoms with Crippen molar-refractivity contribution >= 4 is 23.1 Å². The van der Waals surface area contributed by atoms with Gasteiger partial charge in [-0.15, -0.1) is 0 Å². The number of carbonyl (C=O) groups is 1. The Balaban J connectivity index is 1.70. The SMILES string of the molecule is CCN1C(=O)CCc2cc(Nc3cc(C(F)(F)F)nc(-c4ccccn4)n3)ccc21. The first kappa shape index (κ1) is 19.8. The number of alkyl halides is 3. The fraction of sp³-hybridized carbons (Fsp3) is 0.238. The van der Waals surface area contributed by atoms with Gasteiger partial charge in [0.05, 0.1) is 0 Å². The largest absolute Gasteiger partial charge is 0.433 e. The lowest BCUT2D eigenvalue weighted by Gasteiger charge is -2.28. The van der Waals surface area contributed by atoms with Crippen LogP contribution in [-0.4, -0.2) is 27.4 Å². The van der Waals surface area contributed by atoms with Gasteiger partial charge in [-0.05, 0) is 49.2 Å². The summed E-state index contributed by atoms with van der Waals surface area (Å²) in [6.45, 7) is 2.46. The first-order valence-corrected chi connectivity index (χ1v) is 9.43. The van der Waals surface area contributed by atoms with Crippen LogP contribution in [0.2, 0.25) is 0 Å².